The van der Waals surface area contributed by atoms with Gasteiger partial charge in [-0.05, 0) is 25.3 Å². The fraction of sp³-hybridized carbons (Fsp3) is 0.889. The molecule has 3 heteroatoms. The number of nitrogens with two attached hydrogens (primary N) is 1. The second kappa shape index (κ2) is 7.10. The average Bonchev–Trinajstić information content (AvgIpc) is 2.11. The molecule has 0 heterocycles. The van der Waals surface area contributed by atoms with E-state index in [4.69, 9.17) is 5.73 Å². The molecule has 0 fully saturated rings. The van der Waals surface area contributed by atoms with Gasteiger partial charge in [0, 0.05) is 6.42 Å². The number of ether oxygens (including phenoxy) is 1. The first kappa shape index (κ1) is 11.4. The van der Waals surface area contributed by atoms with Gasteiger partial charge in [0.2, 0.25) is 0 Å². The molecule has 0 saturated carbocycles. The summed E-state index contributed by atoms with van der Waals surface area (Å²) in [5.74, 6) is 0.458. The minimum Gasteiger partial charge on any atom is -0.469 e. The van der Waals surface area contributed by atoms with Crippen molar-refractivity contribution in [3.8, 4) is 0 Å². The van der Waals surface area contributed by atoms with Crippen LogP contribution in [0.25, 0.3) is 0 Å². The van der Waals surface area contributed by atoms with E-state index in [1.54, 1.807) is 0 Å². The van der Waals surface area contributed by atoms with E-state index in [2.05, 4.69) is 11.7 Å². The van der Waals surface area contributed by atoms with Crippen molar-refractivity contribution in [1.82, 2.24) is 0 Å². The molecule has 0 unspecified atom stereocenters. The first-order valence-corrected chi connectivity index (χ1v) is 4.51. The third kappa shape index (κ3) is 5.13. The Morgan fingerprint density at radius 2 is 2.17 bits per heavy atom. The quantitative estimate of drug-likeness (QED) is 0.616. The number of methoxy groups -OCH3 is 1. The molecule has 12 heavy (non-hydrogen) atoms. The Morgan fingerprint density at radius 3 is 2.58 bits per heavy atom. The summed E-state index contributed by atoms with van der Waals surface area (Å²) in [5, 5.41) is 0. The summed E-state index contributed by atoms with van der Waals surface area (Å²) in [6.45, 7) is 2.83. The van der Waals surface area contributed by atoms with Gasteiger partial charge in [0.1, 0.15) is 0 Å². The molecule has 2 N–H and O–H groups in total. The summed E-state index contributed by atoms with van der Waals surface area (Å²) in [4.78, 5) is 10.8. The van der Waals surface area contributed by atoms with E-state index in [-0.39, 0.29) is 5.97 Å². The molecule has 0 aromatic heterocycles. The minimum atomic E-state index is -0.120. The summed E-state index contributed by atoms with van der Waals surface area (Å²) in [6.07, 6.45) is 3.52. The van der Waals surface area contributed by atoms with E-state index in [0.717, 1.165) is 19.3 Å². The third-order valence-corrected chi connectivity index (χ3v) is 2.14. The van der Waals surface area contributed by atoms with Crippen molar-refractivity contribution in [2.45, 2.75) is 32.6 Å². The van der Waals surface area contributed by atoms with Gasteiger partial charge < -0.3 is 10.5 Å². The van der Waals surface area contributed by atoms with Crippen molar-refractivity contribution >= 4 is 5.97 Å². The molecule has 0 aromatic carbocycles. The highest BCUT2D eigenvalue weighted by atomic mass is 16.5. The molecule has 0 spiro atoms. The van der Waals surface area contributed by atoms with E-state index < -0.39 is 0 Å². The van der Waals surface area contributed by atoms with Crippen LogP contribution in [0.1, 0.15) is 32.6 Å². The number of carbonyl (C=O) groups excluding carboxylic acids is 1. The highest BCUT2D eigenvalue weighted by Crippen LogP contribution is 2.14. The predicted molar refractivity (Wildman–Crippen MR) is 48.7 cm³/mol. The van der Waals surface area contributed by atoms with Crippen molar-refractivity contribution in [3.63, 3.8) is 0 Å². The van der Waals surface area contributed by atoms with E-state index in [9.17, 15) is 4.79 Å². The van der Waals surface area contributed by atoms with Crippen LogP contribution in [0.2, 0.25) is 0 Å². The number of esters is 1. The monoisotopic (exact) mass is 173 g/mol. The molecule has 0 aromatic rings. The number of hydrogen-bond acceptors (Lipinski definition) is 3. The van der Waals surface area contributed by atoms with Gasteiger partial charge in [0.15, 0.2) is 0 Å². The SMILES string of the molecule is CC[C@@H](CCN)CCC(=O)OC. The molecule has 0 aliphatic heterocycles. The summed E-state index contributed by atoms with van der Waals surface area (Å²) in [5.41, 5.74) is 5.43. The standard InChI is InChI=1S/C9H19NO2/c1-3-8(6-7-10)4-5-9(11)12-2/h8H,3-7,10H2,1-2H3/t8-/m1/s1. The lowest BCUT2D eigenvalue weighted by Crippen LogP contribution is -2.10. The molecule has 72 valence electrons. The van der Waals surface area contributed by atoms with E-state index in [1.807, 2.05) is 0 Å². The van der Waals surface area contributed by atoms with E-state index in [1.165, 1.54) is 7.11 Å². The molecule has 0 aliphatic rings. The van der Waals surface area contributed by atoms with Crippen LogP contribution in [0.3, 0.4) is 0 Å². The van der Waals surface area contributed by atoms with Crippen LogP contribution in [-0.2, 0) is 9.53 Å². The molecular formula is C9H19NO2. The Bertz CT molecular complexity index is 126. The Labute approximate surface area is 74.3 Å². The average molecular weight is 173 g/mol. The van der Waals surface area contributed by atoms with E-state index in [0.29, 0.717) is 18.9 Å². The summed E-state index contributed by atoms with van der Waals surface area (Å²) in [6, 6.07) is 0. The largest absolute Gasteiger partial charge is 0.469 e. The Hall–Kier alpha value is -0.570. The zero-order valence-corrected chi connectivity index (χ0v) is 8.01. The highest BCUT2D eigenvalue weighted by Gasteiger charge is 2.08. The zero-order chi connectivity index (χ0) is 9.40. The maximum absolute atomic E-state index is 10.8. The van der Waals surface area contributed by atoms with Crippen LogP contribution in [0.4, 0.5) is 0 Å². The van der Waals surface area contributed by atoms with Gasteiger partial charge in [-0.15, -0.1) is 0 Å². The van der Waals surface area contributed by atoms with Crippen molar-refractivity contribution in [3.05, 3.63) is 0 Å². The van der Waals surface area contributed by atoms with Gasteiger partial charge in [-0.25, -0.2) is 0 Å². The normalized spacial score (nSPS) is 12.6. The molecule has 0 radical (unpaired) electrons. The first-order valence-electron chi connectivity index (χ1n) is 4.51. The molecule has 0 aliphatic carbocycles. The Kier molecular flexibility index (Phi) is 6.76. The predicted octanol–water partition coefficient (Wildman–Crippen LogP) is 1.31. The van der Waals surface area contributed by atoms with E-state index >= 15 is 0 Å². The van der Waals surface area contributed by atoms with Crippen molar-refractivity contribution in [2.75, 3.05) is 13.7 Å². The Morgan fingerprint density at radius 1 is 1.50 bits per heavy atom. The molecule has 3 nitrogen and oxygen atoms in total. The van der Waals surface area contributed by atoms with Gasteiger partial charge >= 0.3 is 5.97 Å². The van der Waals surface area contributed by atoms with Crippen LogP contribution in [-0.4, -0.2) is 19.6 Å². The van der Waals surface area contributed by atoms with Crippen LogP contribution in [0.15, 0.2) is 0 Å². The second-order valence-electron chi connectivity index (χ2n) is 2.97. The summed E-state index contributed by atoms with van der Waals surface area (Å²) < 4.78 is 4.55. The maximum atomic E-state index is 10.8. The second-order valence-corrected chi connectivity index (χ2v) is 2.97. The molecule has 0 saturated heterocycles. The maximum Gasteiger partial charge on any atom is 0.305 e. The fourth-order valence-corrected chi connectivity index (χ4v) is 1.21. The topological polar surface area (TPSA) is 52.3 Å². The van der Waals surface area contributed by atoms with Gasteiger partial charge in [-0.3, -0.25) is 4.79 Å². The fourth-order valence-electron chi connectivity index (χ4n) is 1.21. The van der Waals surface area contributed by atoms with Crippen molar-refractivity contribution in [2.24, 2.45) is 11.7 Å². The van der Waals surface area contributed by atoms with Crippen LogP contribution < -0.4 is 5.73 Å². The lowest BCUT2D eigenvalue weighted by Gasteiger charge is -2.11. The van der Waals surface area contributed by atoms with Crippen LogP contribution in [0.5, 0.6) is 0 Å². The van der Waals surface area contributed by atoms with Crippen LogP contribution in [0, 0.1) is 5.92 Å². The minimum absolute atomic E-state index is 0.120. The zero-order valence-electron chi connectivity index (χ0n) is 8.01. The molecule has 0 rings (SSSR count). The lowest BCUT2D eigenvalue weighted by atomic mass is 9.97. The molecule has 0 amide bonds. The van der Waals surface area contributed by atoms with Gasteiger partial charge in [-0.1, -0.05) is 13.3 Å². The number of hydrogen-bond donors (Lipinski definition) is 1. The lowest BCUT2D eigenvalue weighted by molar-refractivity contribution is -0.140. The number of rotatable bonds is 6. The molecule has 0 bridgehead atoms. The van der Waals surface area contributed by atoms with Crippen molar-refractivity contribution in [1.29, 1.82) is 0 Å². The highest BCUT2D eigenvalue weighted by molar-refractivity contribution is 5.69. The van der Waals surface area contributed by atoms with Gasteiger partial charge in [0.25, 0.3) is 0 Å². The third-order valence-electron chi connectivity index (χ3n) is 2.14. The van der Waals surface area contributed by atoms with Gasteiger partial charge in [0.05, 0.1) is 7.11 Å². The molecular weight excluding hydrogens is 154 g/mol. The summed E-state index contributed by atoms with van der Waals surface area (Å²) in [7, 11) is 1.42. The Balaban J connectivity index is 3.50. The van der Waals surface area contributed by atoms with Gasteiger partial charge in [-0.2, -0.15) is 0 Å². The smallest absolute Gasteiger partial charge is 0.305 e. The van der Waals surface area contributed by atoms with Crippen molar-refractivity contribution < 1.29 is 9.53 Å². The number of carbonyl (C=O) groups is 1. The first-order chi connectivity index (χ1) is 5.74. The van der Waals surface area contributed by atoms with Crippen LogP contribution >= 0.6 is 0 Å². The summed E-state index contributed by atoms with van der Waals surface area (Å²) >= 11 is 0. The molecule has 1 atom stereocenters.